The number of aliphatic hydroxyl groups is 1. The minimum absolute atomic E-state index is 0.216. The molecule has 0 aliphatic carbocycles. The van der Waals surface area contributed by atoms with Crippen molar-refractivity contribution in [3.63, 3.8) is 0 Å². The number of halogens is 1. The summed E-state index contributed by atoms with van der Waals surface area (Å²) in [5.74, 6) is 0.214. The topological polar surface area (TPSA) is 42.4 Å². The zero-order valence-electron chi connectivity index (χ0n) is 10.9. The predicted molar refractivity (Wildman–Crippen MR) is 70.3 cm³/mol. The van der Waals surface area contributed by atoms with E-state index in [1.807, 2.05) is 25.1 Å². The molecule has 1 atom stereocenters. The first-order chi connectivity index (χ1) is 9.06. The van der Waals surface area contributed by atoms with Crippen molar-refractivity contribution in [3.05, 3.63) is 59.2 Å². The summed E-state index contributed by atoms with van der Waals surface area (Å²) < 4.78 is 18.6. The van der Waals surface area contributed by atoms with Crippen LogP contribution in [0, 0.1) is 12.7 Å². The predicted octanol–water partition coefficient (Wildman–Crippen LogP) is 3.16. The second-order valence-corrected chi connectivity index (χ2v) is 4.52. The van der Waals surface area contributed by atoms with Gasteiger partial charge in [0.25, 0.3) is 0 Å². The van der Waals surface area contributed by atoms with E-state index in [9.17, 15) is 9.50 Å². The summed E-state index contributed by atoms with van der Waals surface area (Å²) in [5, 5.41) is 9.72. The van der Waals surface area contributed by atoms with Gasteiger partial charge in [-0.1, -0.05) is 11.6 Å². The van der Waals surface area contributed by atoms with E-state index in [4.69, 9.17) is 4.74 Å². The molecule has 0 aliphatic rings. The third-order valence-corrected chi connectivity index (χ3v) is 2.77. The van der Waals surface area contributed by atoms with E-state index < -0.39 is 6.10 Å². The SMILES string of the molecule is Cc1ccc(OCc2cncc(F)c2)c([C@@H](C)O)c1. The lowest BCUT2D eigenvalue weighted by atomic mass is 10.1. The van der Waals surface area contributed by atoms with Crippen molar-refractivity contribution < 1.29 is 14.2 Å². The molecule has 0 radical (unpaired) electrons. The van der Waals surface area contributed by atoms with Crippen molar-refractivity contribution in [3.8, 4) is 5.75 Å². The summed E-state index contributed by atoms with van der Waals surface area (Å²) in [6.45, 7) is 3.85. The van der Waals surface area contributed by atoms with Crippen LogP contribution in [0.4, 0.5) is 4.39 Å². The van der Waals surface area contributed by atoms with Gasteiger partial charge in [0.05, 0.1) is 12.3 Å². The molecule has 1 N–H and O–H groups in total. The minimum Gasteiger partial charge on any atom is -0.488 e. The summed E-state index contributed by atoms with van der Waals surface area (Å²) in [6, 6.07) is 6.97. The Hall–Kier alpha value is -1.94. The van der Waals surface area contributed by atoms with Crippen molar-refractivity contribution in [1.82, 2.24) is 4.98 Å². The number of aryl methyl sites for hydroxylation is 1. The number of rotatable bonds is 4. The van der Waals surface area contributed by atoms with E-state index in [1.54, 1.807) is 13.1 Å². The Labute approximate surface area is 111 Å². The van der Waals surface area contributed by atoms with Crippen LogP contribution in [0.2, 0.25) is 0 Å². The number of pyridine rings is 1. The van der Waals surface area contributed by atoms with E-state index in [1.165, 1.54) is 6.07 Å². The second-order valence-electron chi connectivity index (χ2n) is 4.52. The third kappa shape index (κ3) is 3.51. The molecule has 0 unspecified atom stereocenters. The van der Waals surface area contributed by atoms with Crippen LogP contribution in [-0.4, -0.2) is 10.1 Å². The zero-order valence-corrected chi connectivity index (χ0v) is 10.9. The fourth-order valence-electron chi connectivity index (χ4n) is 1.82. The van der Waals surface area contributed by atoms with Crippen molar-refractivity contribution >= 4 is 0 Å². The molecule has 0 aliphatic heterocycles. The van der Waals surface area contributed by atoms with E-state index >= 15 is 0 Å². The van der Waals surface area contributed by atoms with Crippen molar-refractivity contribution in [2.45, 2.75) is 26.6 Å². The lowest BCUT2D eigenvalue weighted by Crippen LogP contribution is -2.02. The van der Waals surface area contributed by atoms with Crippen molar-refractivity contribution in [2.75, 3.05) is 0 Å². The number of aromatic nitrogens is 1. The highest BCUT2D eigenvalue weighted by Gasteiger charge is 2.09. The molecule has 4 heteroatoms. The van der Waals surface area contributed by atoms with Crippen molar-refractivity contribution in [1.29, 1.82) is 0 Å². The molecular formula is C15H16FNO2. The Morgan fingerprint density at radius 3 is 2.79 bits per heavy atom. The summed E-state index contributed by atoms with van der Waals surface area (Å²) >= 11 is 0. The van der Waals surface area contributed by atoms with Crippen LogP contribution in [0.15, 0.2) is 36.7 Å². The number of aliphatic hydroxyl groups excluding tert-OH is 1. The largest absolute Gasteiger partial charge is 0.488 e. The summed E-state index contributed by atoms with van der Waals surface area (Å²) in [5.41, 5.74) is 2.43. The van der Waals surface area contributed by atoms with Gasteiger partial charge >= 0.3 is 0 Å². The number of hydrogen-bond acceptors (Lipinski definition) is 3. The lowest BCUT2D eigenvalue weighted by molar-refractivity contribution is 0.190. The summed E-state index contributed by atoms with van der Waals surface area (Å²) in [6.07, 6.45) is 2.09. The Morgan fingerprint density at radius 2 is 2.11 bits per heavy atom. The smallest absolute Gasteiger partial charge is 0.141 e. The lowest BCUT2D eigenvalue weighted by Gasteiger charge is -2.14. The number of ether oxygens (including phenoxy) is 1. The minimum atomic E-state index is -0.611. The van der Waals surface area contributed by atoms with Crippen molar-refractivity contribution in [2.24, 2.45) is 0 Å². The first kappa shape index (κ1) is 13.5. The standard InChI is InChI=1S/C15H16FNO2/c1-10-3-4-15(14(5-10)11(2)18)19-9-12-6-13(16)8-17-7-12/h3-8,11,18H,9H2,1-2H3/t11-/m1/s1. The Morgan fingerprint density at radius 1 is 1.32 bits per heavy atom. The van der Waals surface area contributed by atoms with Crippen LogP contribution in [-0.2, 0) is 6.61 Å². The molecule has 1 aromatic carbocycles. The second kappa shape index (κ2) is 5.80. The maximum atomic E-state index is 13.0. The molecule has 2 aromatic rings. The summed E-state index contributed by atoms with van der Waals surface area (Å²) in [4.78, 5) is 3.76. The van der Waals surface area contributed by atoms with Gasteiger partial charge in [-0.15, -0.1) is 0 Å². The monoisotopic (exact) mass is 261 g/mol. The van der Waals surface area contributed by atoms with Crippen LogP contribution >= 0.6 is 0 Å². The van der Waals surface area contributed by atoms with Gasteiger partial charge in [0.1, 0.15) is 18.2 Å². The highest BCUT2D eigenvalue weighted by Crippen LogP contribution is 2.26. The molecule has 2 rings (SSSR count). The maximum absolute atomic E-state index is 13.0. The molecule has 19 heavy (non-hydrogen) atoms. The van der Waals surface area contributed by atoms with Gasteiger partial charge in [0, 0.05) is 17.3 Å². The Kier molecular flexibility index (Phi) is 4.12. The van der Waals surface area contributed by atoms with Gasteiger partial charge in [-0.25, -0.2) is 4.39 Å². The van der Waals surface area contributed by atoms with Gasteiger partial charge < -0.3 is 9.84 Å². The van der Waals surface area contributed by atoms with Gasteiger partial charge in [-0.05, 0) is 32.0 Å². The van der Waals surface area contributed by atoms with Gasteiger partial charge in [0.15, 0.2) is 0 Å². The highest BCUT2D eigenvalue weighted by atomic mass is 19.1. The maximum Gasteiger partial charge on any atom is 0.141 e. The number of nitrogens with zero attached hydrogens (tertiary/aromatic N) is 1. The molecule has 0 amide bonds. The molecule has 0 saturated carbocycles. The Balaban J connectivity index is 2.15. The van der Waals surface area contributed by atoms with Gasteiger partial charge in [-0.2, -0.15) is 0 Å². The fraction of sp³-hybridized carbons (Fsp3) is 0.267. The highest BCUT2D eigenvalue weighted by molar-refractivity contribution is 5.38. The fourth-order valence-corrected chi connectivity index (χ4v) is 1.82. The number of hydrogen-bond donors (Lipinski definition) is 1. The van der Waals surface area contributed by atoms with E-state index in [0.717, 1.165) is 17.3 Å². The molecule has 3 nitrogen and oxygen atoms in total. The molecule has 0 saturated heterocycles. The summed E-state index contributed by atoms with van der Waals surface area (Å²) in [7, 11) is 0. The quantitative estimate of drug-likeness (QED) is 0.919. The number of benzene rings is 1. The normalized spacial score (nSPS) is 12.2. The van der Waals surface area contributed by atoms with E-state index in [-0.39, 0.29) is 12.4 Å². The Bertz CT molecular complexity index is 570. The van der Waals surface area contributed by atoms with Gasteiger partial charge in [-0.3, -0.25) is 4.98 Å². The zero-order chi connectivity index (χ0) is 13.8. The van der Waals surface area contributed by atoms with Crippen LogP contribution in [0.25, 0.3) is 0 Å². The molecule has 100 valence electrons. The molecule has 1 heterocycles. The molecular weight excluding hydrogens is 245 g/mol. The first-order valence-corrected chi connectivity index (χ1v) is 6.07. The molecule has 0 bridgehead atoms. The van der Waals surface area contributed by atoms with E-state index in [0.29, 0.717) is 11.3 Å². The molecule has 0 spiro atoms. The molecule has 0 fully saturated rings. The van der Waals surface area contributed by atoms with Gasteiger partial charge in [0.2, 0.25) is 0 Å². The third-order valence-electron chi connectivity index (χ3n) is 2.77. The van der Waals surface area contributed by atoms with Crippen LogP contribution < -0.4 is 4.74 Å². The van der Waals surface area contributed by atoms with Crippen LogP contribution in [0.3, 0.4) is 0 Å². The van der Waals surface area contributed by atoms with Crippen LogP contribution in [0.1, 0.15) is 29.7 Å². The average Bonchev–Trinajstić information content (AvgIpc) is 2.37. The first-order valence-electron chi connectivity index (χ1n) is 6.07. The van der Waals surface area contributed by atoms with Crippen LogP contribution in [0.5, 0.6) is 5.75 Å². The average molecular weight is 261 g/mol. The molecule has 1 aromatic heterocycles. The van der Waals surface area contributed by atoms with E-state index in [2.05, 4.69) is 4.98 Å².